The van der Waals surface area contributed by atoms with Gasteiger partial charge in [-0.1, -0.05) is 18.2 Å². The van der Waals surface area contributed by atoms with E-state index in [1.165, 1.54) is 13.2 Å². The minimum Gasteiger partial charge on any atom is -0.496 e. The number of amides is 1. The molecule has 186 valence electrons. The molecule has 0 fully saturated rings. The lowest BCUT2D eigenvalue weighted by Gasteiger charge is -2.19. The highest BCUT2D eigenvalue weighted by Gasteiger charge is 2.27. The molecule has 0 aliphatic carbocycles. The Morgan fingerprint density at radius 2 is 1.97 bits per heavy atom. The summed E-state index contributed by atoms with van der Waals surface area (Å²) >= 11 is 0. The van der Waals surface area contributed by atoms with Gasteiger partial charge in [-0.25, -0.2) is 0 Å². The number of furan rings is 1. The molecule has 0 saturated carbocycles. The molecule has 4 aromatic rings. The third kappa shape index (κ3) is 4.57. The van der Waals surface area contributed by atoms with E-state index < -0.39 is 0 Å². The van der Waals surface area contributed by atoms with Crippen molar-refractivity contribution in [2.75, 3.05) is 20.2 Å². The number of pyridine rings is 2. The summed E-state index contributed by atoms with van der Waals surface area (Å²) in [7, 11) is 1.45. The number of carbonyl (C=O) groups is 1. The number of rotatable bonds is 6. The fourth-order valence-electron chi connectivity index (χ4n) is 4.79. The Labute approximate surface area is 207 Å². The maximum absolute atomic E-state index is 13.4. The van der Waals surface area contributed by atoms with E-state index in [1.807, 2.05) is 37.3 Å². The molecule has 0 bridgehead atoms. The zero-order valence-corrected chi connectivity index (χ0v) is 20.2. The largest absolute Gasteiger partial charge is 0.496 e. The van der Waals surface area contributed by atoms with Gasteiger partial charge in [0.2, 0.25) is 0 Å². The molecule has 1 amide bonds. The highest BCUT2D eigenvalue weighted by Crippen LogP contribution is 2.24. The fourth-order valence-corrected chi connectivity index (χ4v) is 4.79. The Bertz CT molecular complexity index is 1520. The molecule has 1 aliphatic rings. The summed E-state index contributed by atoms with van der Waals surface area (Å²) in [5.74, 6) is 0.544. The molecule has 9 nitrogen and oxygen atoms in total. The number of hydrogen-bond donors (Lipinski definition) is 2. The summed E-state index contributed by atoms with van der Waals surface area (Å²) in [4.78, 5) is 44.0. The molecule has 0 saturated heterocycles. The van der Waals surface area contributed by atoms with Crippen LogP contribution in [-0.2, 0) is 19.5 Å². The maximum atomic E-state index is 13.4. The first-order valence-corrected chi connectivity index (χ1v) is 11.9. The van der Waals surface area contributed by atoms with E-state index in [4.69, 9.17) is 9.15 Å². The summed E-state index contributed by atoms with van der Waals surface area (Å²) in [6.07, 6.45) is 2.01. The highest BCUT2D eigenvalue weighted by atomic mass is 16.5. The van der Waals surface area contributed by atoms with Crippen LogP contribution in [0.15, 0.2) is 68.8 Å². The number of fused-ring (bicyclic) bond motifs is 2. The van der Waals surface area contributed by atoms with Crippen LogP contribution in [0.1, 0.15) is 40.3 Å². The summed E-state index contributed by atoms with van der Waals surface area (Å²) in [6.45, 7) is 3.82. The summed E-state index contributed by atoms with van der Waals surface area (Å²) in [6, 6.07) is 14.1. The van der Waals surface area contributed by atoms with Crippen LogP contribution in [0.5, 0.6) is 5.75 Å². The Morgan fingerprint density at radius 1 is 1.14 bits per heavy atom. The molecular formula is C27H28N4O5. The Morgan fingerprint density at radius 3 is 2.75 bits per heavy atom. The van der Waals surface area contributed by atoms with Crippen molar-refractivity contribution in [3.63, 3.8) is 0 Å². The molecule has 2 N–H and O–H groups in total. The van der Waals surface area contributed by atoms with Crippen molar-refractivity contribution in [2.45, 2.75) is 32.5 Å². The summed E-state index contributed by atoms with van der Waals surface area (Å²) in [5.41, 5.74) is 2.09. The molecule has 0 radical (unpaired) electrons. The van der Waals surface area contributed by atoms with E-state index in [0.717, 1.165) is 10.9 Å². The number of hydrogen-bond acceptors (Lipinski definition) is 6. The first-order chi connectivity index (χ1) is 17.4. The van der Waals surface area contributed by atoms with Crippen molar-refractivity contribution in [2.24, 2.45) is 0 Å². The van der Waals surface area contributed by atoms with E-state index >= 15 is 0 Å². The molecule has 3 aromatic heterocycles. The average molecular weight is 489 g/mol. The first-order valence-electron chi connectivity index (χ1n) is 11.9. The van der Waals surface area contributed by atoms with Gasteiger partial charge in [-0.2, -0.15) is 0 Å². The number of benzene rings is 1. The lowest BCUT2D eigenvalue weighted by molar-refractivity contribution is 0.0930. The number of nitrogens with zero attached hydrogens (tertiary/aromatic N) is 2. The van der Waals surface area contributed by atoms with Crippen LogP contribution < -0.4 is 21.2 Å². The van der Waals surface area contributed by atoms with E-state index in [0.29, 0.717) is 55.2 Å². The second kappa shape index (κ2) is 9.87. The van der Waals surface area contributed by atoms with Gasteiger partial charge in [0.25, 0.3) is 17.0 Å². The number of H-pyrrole nitrogens is 1. The smallest absolute Gasteiger partial charge is 0.257 e. The quantitative estimate of drug-likeness (QED) is 0.432. The molecule has 36 heavy (non-hydrogen) atoms. The molecular weight excluding hydrogens is 460 g/mol. The van der Waals surface area contributed by atoms with Crippen LogP contribution in [0.25, 0.3) is 10.9 Å². The van der Waals surface area contributed by atoms with Crippen LogP contribution in [0.2, 0.25) is 0 Å². The molecule has 1 aromatic carbocycles. The minimum atomic E-state index is -0.355. The van der Waals surface area contributed by atoms with E-state index in [-0.39, 0.29) is 28.8 Å². The number of nitrogens with one attached hydrogen (secondary N) is 2. The second-order valence-corrected chi connectivity index (χ2v) is 8.97. The third-order valence-corrected chi connectivity index (χ3v) is 6.67. The van der Waals surface area contributed by atoms with Gasteiger partial charge in [-0.05, 0) is 36.6 Å². The SMILES string of the molecule is COc1cc(=O)n2c(c1C(=O)N[C@H](C)c1ccco1)CCN(Cc1cc3ccccc3[nH]c1=O)CC2. The molecule has 1 aliphatic heterocycles. The predicted molar refractivity (Wildman–Crippen MR) is 135 cm³/mol. The average Bonchev–Trinajstić information content (AvgIpc) is 3.33. The second-order valence-electron chi connectivity index (χ2n) is 8.97. The maximum Gasteiger partial charge on any atom is 0.257 e. The van der Waals surface area contributed by atoms with Crippen molar-refractivity contribution >= 4 is 16.8 Å². The van der Waals surface area contributed by atoms with Crippen LogP contribution >= 0.6 is 0 Å². The van der Waals surface area contributed by atoms with E-state index in [9.17, 15) is 14.4 Å². The van der Waals surface area contributed by atoms with Crippen molar-refractivity contribution in [1.82, 2.24) is 19.8 Å². The predicted octanol–water partition coefficient (Wildman–Crippen LogP) is 2.84. The van der Waals surface area contributed by atoms with Gasteiger partial charge in [-0.3, -0.25) is 19.3 Å². The van der Waals surface area contributed by atoms with Crippen molar-refractivity contribution in [1.29, 1.82) is 0 Å². The van der Waals surface area contributed by atoms with Gasteiger partial charge in [0.05, 0.1) is 19.4 Å². The molecule has 9 heteroatoms. The standard InChI is InChI=1S/C27H28N4O5/c1-17(22-8-5-13-36-22)28-27(34)25-21-9-10-30(11-12-31(21)24(32)15-23(25)35-2)16-19-14-18-6-3-4-7-20(18)29-26(19)33/h3-8,13-15,17H,9-12,16H2,1-2H3,(H,28,34)(H,29,33)/t17-/m1/s1. The molecule has 4 heterocycles. The lowest BCUT2D eigenvalue weighted by atomic mass is 10.1. The highest BCUT2D eigenvalue weighted by molar-refractivity contribution is 5.98. The zero-order chi connectivity index (χ0) is 25.2. The van der Waals surface area contributed by atoms with Crippen molar-refractivity contribution in [3.8, 4) is 5.75 Å². The van der Waals surface area contributed by atoms with Crippen LogP contribution in [0, 0.1) is 0 Å². The summed E-state index contributed by atoms with van der Waals surface area (Å²) < 4.78 is 12.5. The number of carbonyl (C=O) groups excluding carboxylic acids is 1. The van der Waals surface area contributed by atoms with Gasteiger partial charge in [0, 0.05) is 55.4 Å². The summed E-state index contributed by atoms with van der Waals surface area (Å²) in [5, 5.41) is 3.92. The number of ether oxygens (including phenoxy) is 1. The number of para-hydroxylation sites is 1. The first kappa shape index (κ1) is 23.6. The third-order valence-electron chi connectivity index (χ3n) is 6.67. The van der Waals surface area contributed by atoms with Gasteiger partial charge >= 0.3 is 0 Å². The fraction of sp³-hybridized carbons (Fsp3) is 0.296. The number of aromatic amines is 1. The Kier molecular flexibility index (Phi) is 6.47. The zero-order valence-electron chi connectivity index (χ0n) is 20.2. The topological polar surface area (TPSA) is 110 Å². The van der Waals surface area contributed by atoms with Gasteiger partial charge in [0.1, 0.15) is 17.1 Å². The molecule has 0 spiro atoms. The van der Waals surface area contributed by atoms with Gasteiger partial charge < -0.3 is 24.0 Å². The number of aromatic nitrogens is 2. The van der Waals surface area contributed by atoms with Crippen molar-refractivity contribution < 1.29 is 13.9 Å². The Balaban J connectivity index is 1.41. The van der Waals surface area contributed by atoms with Gasteiger partial charge in [0.15, 0.2) is 0 Å². The van der Waals surface area contributed by atoms with Crippen LogP contribution in [0.3, 0.4) is 0 Å². The molecule has 5 rings (SSSR count). The molecule has 0 unspecified atom stereocenters. The van der Waals surface area contributed by atoms with Crippen LogP contribution in [0.4, 0.5) is 0 Å². The normalized spacial score (nSPS) is 14.7. The number of methoxy groups -OCH3 is 1. The van der Waals surface area contributed by atoms with E-state index in [1.54, 1.807) is 23.0 Å². The van der Waals surface area contributed by atoms with Gasteiger partial charge in [-0.15, -0.1) is 0 Å². The minimum absolute atomic E-state index is 0.124. The monoisotopic (exact) mass is 488 g/mol. The Hall–Kier alpha value is -4.11. The van der Waals surface area contributed by atoms with E-state index in [2.05, 4.69) is 15.2 Å². The lowest BCUT2D eigenvalue weighted by Crippen LogP contribution is -2.32. The molecule has 1 atom stereocenters. The van der Waals surface area contributed by atoms with Crippen molar-refractivity contribution in [3.05, 3.63) is 98.1 Å². The van der Waals surface area contributed by atoms with Crippen LogP contribution in [-0.4, -0.2) is 40.6 Å².